The Morgan fingerprint density at radius 2 is 1.79 bits per heavy atom. The summed E-state index contributed by atoms with van der Waals surface area (Å²) in [5, 5.41) is 0. The van der Waals surface area contributed by atoms with E-state index in [1.807, 2.05) is 13.0 Å². The average molecular weight is 277 g/mol. The number of aryl methyl sites for hydroxylation is 1. The summed E-state index contributed by atoms with van der Waals surface area (Å²) in [6, 6.07) is 11.1. The summed E-state index contributed by atoms with van der Waals surface area (Å²) in [6.45, 7) is 4.16. The predicted molar refractivity (Wildman–Crippen MR) is 80.0 cm³/mol. The minimum absolute atomic E-state index is 0.209. The first-order chi connectivity index (χ1) is 9.09. The van der Waals surface area contributed by atoms with E-state index in [-0.39, 0.29) is 5.82 Å². The van der Waals surface area contributed by atoms with Gasteiger partial charge in [-0.05, 0) is 31.0 Å². The summed E-state index contributed by atoms with van der Waals surface area (Å²) in [7, 11) is 0. The van der Waals surface area contributed by atoms with E-state index in [1.54, 1.807) is 23.5 Å². The van der Waals surface area contributed by atoms with E-state index >= 15 is 0 Å². The maximum atomic E-state index is 14.0. The van der Waals surface area contributed by atoms with Gasteiger partial charge < -0.3 is 5.73 Å². The molecule has 1 atom stereocenters. The van der Waals surface area contributed by atoms with E-state index in [2.05, 4.69) is 19.1 Å². The molecule has 0 aliphatic carbocycles. The first kappa shape index (κ1) is 14.2. The largest absolute Gasteiger partial charge is 0.321 e. The fourth-order valence-electron chi connectivity index (χ4n) is 2.29. The van der Waals surface area contributed by atoms with Crippen molar-refractivity contribution in [2.75, 3.05) is 0 Å². The van der Waals surface area contributed by atoms with Crippen LogP contribution in [0.25, 0.3) is 0 Å². The summed E-state index contributed by atoms with van der Waals surface area (Å²) in [4.78, 5) is 2.58. The molecule has 3 heteroatoms. The predicted octanol–water partition coefficient (Wildman–Crippen LogP) is 4.26. The number of nitrogens with two attached hydrogens (primary N) is 1. The Morgan fingerprint density at radius 3 is 2.37 bits per heavy atom. The van der Waals surface area contributed by atoms with Gasteiger partial charge in [-0.1, -0.05) is 32.0 Å². The topological polar surface area (TPSA) is 26.0 Å². The molecule has 2 rings (SSSR count). The van der Waals surface area contributed by atoms with Gasteiger partial charge in [0.15, 0.2) is 0 Å². The number of benzene rings is 1. The highest BCUT2D eigenvalue weighted by Gasteiger charge is 2.29. The van der Waals surface area contributed by atoms with Gasteiger partial charge in [-0.25, -0.2) is 4.39 Å². The van der Waals surface area contributed by atoms with Gasteiger partial charge >= 0.3 is 0 Å². The maximum Gasteiger partial charge on any atom is 0.128 e. The van der Waals surface area contributed by atoms with E-state index in [0.717, 1.165) is 6.42 Å². The van der Waals surface area contributed by atoms with Crippen LogP contribution in [0.4, 0.5) is 4.39 Å². The van der Waals surface area contributed by atoms with Crippen LogP contribution in [0.1, 0.15) is 35.6 Å². The summed E-state index contributed by atoms with van der Waals surface area (Å²) in [6.07, 6.45) is 2.44. The van der Waals surface area contributed by atoms with Crippen molar-refractivity contribution in [3.8, 4) is 0 Å². The molecule has 1 aromatic heterocycles. The van der Waals surface area contributed by atoms with Crippen LogP contribution < -0.4 is 5.73 Å². The lowest BCUT2D eigenvalue weighted by Gasteiger charge is -2.28. The zero-order valence-electron chi connectivity index (χ0n) is 11.4. The molecular weight excluding hydrogens is 257 g/mol. The van der Waals surface area contributed by atoms with E-state index in [9.17, 15) is 4.39 Å². The molecule has 0 bridgehead atoms. The average Bonchev–Trinajstić information content (AvgIpc) is 2.86. The summed E-state index contributed by atoms with van der Waals surface area (Å²) < 4.78 is 14.0. The van der Waals surface area contributed by atoms with E-state index in [4.69, 9.17) is 5.73 Å². The fraction of sp³-hybridized carbons (Fsp3) is 0.375. The molecule has 0 saturated heterocycles. The van der Waals surface area contributed by atoms with Gasteiger partial charge in [0.05, 0.1) is 0 Å². The first-order valence-corrected chi connectivity index (χ1v) is 7.52. The molecule has 1 nitrogen and oxygen atoms in total. The third-order valence-electron chi connectivity index (χ3n) is 3.60. The molecule has 102 valence electrons. The van der Waals surface area contributed by atoms with Crippen molar-refractivity contribution >= 4 is 11.3 Å². The van der Waals surface area contributed by atoms with Crippen molar-refractivity contribution in [3.05, 3.63) is 57.5 Å². The summed E-state index contributed by atoms with van der Waals surface area (Å²) in [5.74, 6) is -0.209. The first-order valence-electron chi connectivity index (χ1n) is 6.70. The Balaban J connectivity index is 2.30. The second kappa shape index (κ2) is 5.85. The SMILES string of the molecule is CCc1ccc(CC(N)(CC)c2ccccc2F)s1. The molecule has 0 saturated carbocycles. The van der Waals surface area contributed by atoms with Gasteiger partial charge in [0, 0.05) is 27.3 Å². The zero-order valence-corrected chi connectivity index (χ0v) is 12.3. The van der Waals surface area contributed by atoms with Gasteiger partial charge in [-0.15, -0.1) is 11.3 Å². The molecule has 0 radical (unpaired) electrons. The van der Waals surface area contributed by atoms with Crippen molar-refractivity contribution in [3.63, 3.8) is 0 Å². The van der Waals surface area contributed by atoms with Gasteiger partial charge in [-0.3, -0.25) is 0 Å². The van der Waals surface area contributed by atoms with Crippen LogP contribution in [0, 0.1) is 5.82 Å². The summed E-state index contributed by atoms with van der Waals surface area (Å²) >= 11 is 1.77. The standard InChI is InChI=1S/C16H20FNS/c1-3-12-9-10-13(19-12)11-16(18,4-2)14-7-5-6-8-15(14)17/h5-10H,3-4,11,18H2,1-2H3. The number of halogens is 1. The van der Waals surface area contributed by atoms with Crippen LogP contribution in [0.5, 0.6) is 0 Å². The van der Waals surface area contributed by atoms with E-state index < -0.39 is 5.54 Å². The molecule has 1 heterocycles. The monoisotopic (exact) mass is 277 g/mol. The van der Waals surface area contributed by atoms with Crippen molar-refractivity contribution in [1.29, 1.82) is 0 Å². The highest BCUT2D eigenvalue weighted by atomic mass is 32.1. The van der Waals surface area contributed by atoms with Crippen molar-refractivity contribution in [2.45, 2.75) is 38.6 Å². The van der Waals surface area contributed by atoms with Crippen molar-refractivity contribution < 1.29 is 4.39 Å². The highest BCUT2D eigenvalue weighted by Crippen LogP contribution is 2.31. The highest BCUT2D eigenvalue weighted by molar-refractivity contribution is 7.12. The third-order valence-corrected chi connectivity index (χ3v) is 4.83. The molecule has 0 spiro atoms. The molecule has 0 fully saturated rings. The number of rotatable bonds is 5. The van der Waals surface area contributed by atoms with E-state index in [1.165, 1.54) is 15.8 Å². The van der Waals surface area contributed by atoms with E-state index in [0.29, 0.717) is 18.4 Å². The molecular formula is C16H20FNS. The van der Waals surface area contributed by atoms with Gasteiger partial charge in [-0.2, -0.15) is 0 Å². The van der Waals surface area contributed by atoms with Crippen LogP contribution in [0.2, 0.25) is 0 Å². The molecule has 19 heavy (non-hydrogen) atoms. The summed E-state index contributed by atoms with van der Waals surface area (Å²) in [5.41, 5.74) is 6.46. The number of hydrogen-bond donors (Lipinski definition) is 1. The lowest BCUT2D eigenvalue weighted by Crippen LogP contribution is -2.39. The number of hydrogen-bond acceptors (Lipinski definition) is 2. The fourth-order valence-corrected chi connectivity index (χ4v) is 3.38. The lowest BCUT2D eigenvalue weighted by molar-refractivity contribution is 0.405. The van der Waals surface area contributed by atoms with Crippen LogP contribution in [0.3, 0.4) is 0 Å². The lowest BCUT2D eigenvalue weighted by atomic mass is 9.84. The van der Waals surface area contributed by atoms with Gasteiger partial charge in [0.25, 0.3) is 0 Å². The van der Waals surface area contributed by atoms with Crippen molar-refractivity contribution in [2.24, 2.45) is 5.73 Å². The Hall–Kier alpha value is -1.19. The number of thiophene rings is 1. The Bertz CT molecular complexity index is 549. The minimum atomic E-state index is -0.624. The molecule has 2 N–H and O–H groups in total. The Labute approximate surface area is 118 Å². The van der Waals surface area contributed by atoms with Crippen LogP contribution >= 0.6 is 11.3 Å². The molecule has 2 aromatic rings. The zero-order chi connectivity index (χ0) is 13.9. The van der Waals surface area contributed by atoms with Crippen molar-refractivity contribution in [1.82, 2.24) is 0 Å². The normalized spacial score (nSPS) is 14.3. The van der Waals surface area contributed by atoms with Gasteiger partial charge in [0.1, 0.15) is 5.82 Å². The smallest absolute Gasteiger partial charge is 0.128 e. The molecule has 0 aliphatic rings. The second-order valence-electron chi connectivity index (χ2n) is 4.89. The van der Waals surface area contributed by atoms with Crippen LogP contribution in [-0.2, 0) is 18.4 Å². The van der Waals surface area contributed by atoms with Gasteiger partial charge in [0.2, 0.25) is 0 Å². The molecule has 1 aromatic carbocycles. The third kappa shape index (κ3) is 3.04. The molecule has 1 unspecified atom stereocenters. The quantitative estimate of drug-likeness (QED) is 0.868. The van der Waals surface area contributed by atoms with Crippen LogP contribution in [-0.4, -0.2) is 0 Å². The molecule has 0 aliphatic heterocycles. The Kier molecular flexibility index (Phi) is 4.38. The molecule has 0 amide bonds. The second-order valence-corrected chi connectivity index (χ2v) is 6.14. The maximum absolute atomic E-state index is 14.0. The minimum Gasteiger partial charge on any atom is -0.321 e. The Morgan fingerprint density at radius 1 is 1.11 bits per heavy atom. The van der Waals surface area contributed by atoms with Crippen LogP contribution in [0.15, 0.2) is 36.4 Å².